The molecule has 0 aliphatic heterocycles. The predicted molar refractivity (Wildman–Crippen MR) is 166 cm³/mol. The molecule has 3 atom stereocenters. The van der Waals surface area contributed by atoms with E-state index in [1.807, 2.05) is 19.1 Å². The molecule has 0 saturated carbocycles. The van der Waals surface area contributed by atoms with Gasteiger partial charge in [0.05, 0.1) is 22.7 Å². The molecule has 0 radical (unpaired) electrons. The summed E-state index contributed by atoms with van der Waals surface area (Å²) >= 11 is 6.32. The molecule has 1 unspecified atom stereocenters. The van der Waals surface area contributed by atoms with Crippen molar-refractivity contribution in [3.05, 3.63) is 96.1 Å². The Bertz CT molecular complexity index is 1340. The monoisotopic (exact) mass is 581 g/mol. The average molecular weight is 582 g/mol. The number of benzene rings is 1. The maximum absolute atomic E-state index is 9.47. The largest absolute Gasteiger partial charge is 1.00 e. The second-order valence-electron chi connectivity index (χ2n) is 11.6. The molecule has 1 aromatic carbocycles. The topological polar surface area (TPSA) is 81.1 Å². The van der Waals surface area contributed by atoms with Crippen LogP contribution in [0.2, 0.25) is 5.02 Å². The maximum atomic E-state index is 9.47. The van der Waals surface area contributed by atoms with Gasteiger partial charge in [-0.1, -0.05) is 56.2 Å². The van der Waals surface area contributed by atoms with E-state index in [9.17, 15) is 4.79 Å². The number of nitrogens with zero attached hydrogens (tertiary/aromatic N) is 5. The summed E-state index contributed by atoms with van der Waals surface area (Å²) in [5, 5.41) is 0.765. The molecule has 7 nitrogen and oxygen atoms in total. The first-order valence-electron chi connectivity index (χ1n) is 14.0. The third kappa shape index (κ3) is 9.93. The Kier molecular flexibility index (Phi) is 13.7. The van der Waals surface area contributed by atoms with Gasteiger partial charge < -0.3 is 28.3 Å². The molecule has 4 rings (SSSR count). The number of allylic oxidation sites excluding steroid dienone is 1. The molecule has 3 aromatic rings. The standard InChI is InChI=1S/C28H32ClN5.C5H9O2.Li/c1-18(2)16-34(19(3)4)28-26-24(27-20(5)30-13-14-31-27)11-9-21(10-12-25(26)32-17-33-28)22-7-6-8-23(29)15-22;1-5(2,3)7-4-6;/h6-8,11,13-15,17-19,21H,1,3,9-10,12,16H2,2,4-5H3;1-3H3;/q-2;-1;+1/b24-11+;;/t18-,19-,21?;;/m1../s1. The Balaban J connectivity index is 0.000000687. The van der Waals surface area contributed by atoms with Crippen LogP contribution in [-0.2, 0) is 16.0 Å². The van der Waals surface area contributed by atoms with Crippen molar-refractivity contribution in [2.75, 3.05) is 11.4 Å². The second kappa shape index (κ2) is 16.2. The molecule has 0 amide bonds. The molecule has 0 spiro atoms. The number of aryl methyl sites for hydroxylation is 2. The molecule has 2 aromatic heterocycles. The summed E-state index contributed by atoms with van der Waals surface area (Å²) in [6.07, 6.45) is 10.1. The van der Waals surface area contributed by atoms with E-state index in [-0.39, 0.29) is 36.4 Å². The van der Waals surface area contributed by atoms with Crippen LogP contribution >= 0.6 is 11.6 Å². The van der Waals surface area contributed by atoms with Crippen LogP contribution in [0.3, 0.4) is 0 Å². The van der Waals surface area contributed by atoms with E-state index >= 15 is 0 Å². The first kappa shape index (κ1) is 35.5. The van der Waals surface area contributed by atoms with Crippen molar-refractivity contribution in [3.63, 3.8) is 0 Å². The van der Waals surface area contributed by atoms with Crippen molar-refractivity contribution in [1.82, 2.24) is 19.9 Å². The first-order chi connectivity index (χ1) is 19.4. The van der Waals surface area contributed by atoms with Crippen molar-refractivity contribution in [2.24, 2.45) is 5.92 Å². The first-order valence-corrected chi connectivity index (χ1v) is 14.3. The summed E-state index contributed by atoms with van der Waals surface area (Å²) in [6.45, 7) is 22.2. The molecule has 2 heterocycles. The molecular weight excluding hydrogens is 541 g/mol. The summed E-state index contributed by atoms with van der Waals surface area (Å²) in [4.78, 5) is 30.5. The van der Waals surface area contributed by atoms with Gasteiger partial charge in [0.25, 0.3) is 0 Å². The van der Waals surface area contributed by atoms with Gasteiger partial charge in [-0.3, -0.25) is 9.97 Å². The van der Waals surface area contributed by atoms with E-state index < -0.39 is 0 Å². The minimum Gasteiger partial charge on any atom is -0.649 e. The van der Waals surface area contributed by atoms with Crippen LogP contribution in [0.15, 0.2) is 49.1 Å². The molecule has 9 heteroatoms. The van der Waals surface area contributed by atoms with Gasteiger partial charge in [0, 0.05) is 28.6 Å². The zero-order valence-electron chi connectivity index (χ0n) is 26.0. The number of rotatable bonds is 7. The average Bonchev–Trinajstić information content (AvgIpc) is 2.88. The van der Waals surface area contributed by atoms with Crippen LogP contribution in [0, 0.1) is 26.7 Å². The van der Waals surface area contributed by atoms with Gasteiger partial charge in [-0.05, 0) is 77.1 Å². The van der Waals surface area contributed by atoms with Crippen molar-refractivity contribution >= 4 is 29.5 Å². The molecule has 0 fully saturated rings. The number of hydrogen-bond donors (Lipinski definition) is 0. The van der Waals surface area contributed by atoms with E-state index in [0.29, 0.717) is 5.92 Å². The third-order valence-electron chi connectivity index (χ3n) is 6.63. The zero-order chi connectivity index (χ0) is 30.2. The summed E-state index contributed by atoms with van der Waals surface area (Å²) in [7, 11) is 0. The number of hydrogen-bond acceptors (Lipinski definition) is 7. The molecule has 0 saturated heterocycles. The fraction of sp³-hybridized carbons (Fsp3) is 0.424. The minimum atomic E-state index is -0.373. The number of anilines is 1. The summed E-state index contributed by atoms with van der Waals surface area (Å²) in [6, 6.07) is 8.20. The van der Waals surface area contributed by atoms with Gasteiger partial charge in [-0.25, -0.2) is 9.97 Å². The Hall–Kier alpha value is -2.72. The van der Waals surface area contributed by atoms with Gasteiger partial charge in [0.2, 0.25) is 0 Å². The quantitative estimate of drug-likeness (QED) is 0.306. The molecule has 1 aliphatic carbocycles. The minimum absolute atomic E-state index is 0. The van der Waals surface area contributed by atoms with E-state index in [1.165, 1.54) is 12.0 Å². The third-order valence-corrected chi connectivity index (χ3v) is 6.86. The maximum Gasteiger partial charge on any atom is 1.00 e. The van der Waals surface area contributed by atoms with Crippen molar-refractivity contribution in [3.8, 4) is 0 Å². The molecule has 42 heavy (non-hydrogen) atoms. The Morgan fingerprint density at radius 3 is 2.43 bits per heavy atom. The Morgan fingerprint density at radius 2 is 1.86 bits per heavy atom. The smallest absolute Gasteiger partial charge is 0.649 e. The van der Waals surface area contributed by atoms with Gasteiger partial charge in [0.15, 0.2) is 0 Å². The van der Waals surface area contributed by atoms with E-state index in [1.54, 1.807) is 39.5 Å². The van der Waals surface area contributed by atoms with Crippen LogP contribution < -0.4 is 23.8 Å². The Morgan fingerprint density at radius 1 is 1.14 bits per heavy atom. The predicted octanol–water partition coefficient (Wildman–Crippen LogP) is 4.15. The van der Waals surface area contributed by atoms with E-state index in [4.69, 9.17) is 26.6 Å². The molecule has 0 N–H and O–H groups in total. The Labute approximate surface area is 268 Å². The summed E-state index contributed by atoms with van der Waals surface area (Å²) in [5.74, 6) is 1.45. The van der Waals surface area contributed by atoms with Crippen molar-refractivity contribution in [1.29, 1.82) is 0 Å². The zero-order valence-corrected chi connectivity index (χ0v) is 26.8. The summed E-state index contributed by atoms with van der Waals surface area (Å²) < 4.78 is 4.42. The van der Waals surface area contributed by atoms with Crippen LogP contribution in [0.4, 0.5) is 5.82 Å². The number of aromatic nitrogens is 4. The fourth-order valence-corrected chi connectivity index (χ4v) is 4.97. The number of carbonyl (C=O) groups excluding carboxylic acids is 1. The van der Waals surface area contributed by atoms with Gasteiger partial charge in [-0.2, -0.15) is 5.92 Å². The SMILES string of the molecule is CC(C)(C)O[C-]=O.[CH2-][C@H](C)CN(c1ncnc2c1/C(c1nccnc1C)=C\CC(c1cccc(Cl)c1)CC2)[C@H]([CH2-])C.[Li+]. The van der Waals surface area contributed by atoms with Crippen molar-refractivity contribution in [2.45, 2.75) is 78.4 Å². The van der Waals surface area contributed by atoms with Gasteiger partial charge >= 0.3 is 18.9 Å². The molecule has 0 bridgehead atoms. The van der Waals surface area contributed by atoms with Crippen molar-refractivity contribution < 1.29 is 28.4 Å². The van der Waals surface area contributed by atoms with Crippen LogP contribution in [-0.4, -0.2) is 44.6 Å². The van der Waals surface area contributed by atoms with E-state index in [0.717, 1.165) is 64.9 Å². The number of halogens is 1. The number of ether oxygens (including phenoxy) is 1. The van der Waals surface area contributed by atoms with Crippen LogP contribution in [0.5, 0.6) is 0 Å². The van der Waals surface area contributed by atoms with Crippen LogP contribution in [0.1, 0.15) is 81.6 Å². The van der Waals surface area contributed by atoms with Crippen LogP contribution in [0.25, 0.3) is 5.57 Å². The fourth-order valence-electron chi connectivity index (χ4n) is 4.77. The molecule has 1 aliphatic rings. The number of fused-ring (bicyclic) bond motifs is 1. The molecule has 220 valence electrons. The van der Waals surface area contributed by atoms with E-state index in [2.05, 4.69) is 60.5 Å². The van der Waals surface area contributed by atoms with Gasteiger partial charge in [-0.15, -0.1) is 0 Å². The van der Waals surface area contributed by atoms with Gasteiger partial charge in [0.1, 0.15) is 12.1 Å². The molecular formula is C33H41ClLiN5O2-2. The second-order valence-corrected chi connectivity index (χ2v) is 12.0. The normalized spacial score (nSPS) is 17.4. The summed E-state index contributed by atoms with van der Waals surface area (Å²) in [5.41, 5.74) is 5.71.